The number of nitrogens with two attached hydrogens (primary N) is 1. The highest BCUT2D eigenvalue weighted by molar-refractivity contribution is 5.63. The van der Waals surface area contributed by atoms with Crippen LogP contribution in [0.4, 0.5) is 11.6 Å². The van der Waals surface area contributed by atoms with E-state index in [1.807, 2.05) is 20.8 Å². The van der Waals surface area contributed by atoms with Crippen molar-refractivity contribution >= 4 is 17.9 Å². The van der Waals surface area contributed by atoms with Gasteiger partial charge in [-0.1, -0.05) is 0 Å². The number of nitrogens with zero attached hydrogens (tertiary/aromatic N) is 3. The normalized spacial score (nSPS) is 10.9. The van der Waals surface area contributed by atoms with Crippen LogP contribution in [0.2, 0.25) is 0 Å². The van der Waals surface area contributed by atoms with Crippen LogP contribution in [0.15, 0.2) is 4.99 Å². The molecule has 0 atom stereocenters. The van der Waals surface area contributed by atoms with Crippen molar-refractivity contribution in [1.29, 1.82) is 0 Å². The molecule has 0 saturated heterocycles. The average Bonchev–Trinajstić information content (AvgIpc) is 1.96. The molecule has 12 heavy (non-hydrogen) atoms. The fourth-order valence-corrected chi connectivity index (χ4v) is 1.05. The Morgan fingerprint density at radius 3 is 2.17 bits per heavy atom. The second kappa shape index (κ2) is 3.30. The molecule has 0 radical (unpaired) electrons. The molecule has 1 aromatic rings. The van der Waals surface area contributed by atoms with Gasteiger partial charge < -0.3 is 5.73 Å². The molecule has 0 unspecified atom stereocenters. The zero-order chi connectivity index (χ0) is 9.14. The van der Waals surface area contributed by atoms with E-state index in [1.54, 1.807) is 6.21 Å². The molecule has 0 amide bonds. The highest BCUT2D eigenvalue weighted by Crippen LogP contribution is 2.19. The van der Waals surface area contributed by atoms with E-state index in [1.165, 1.54) is 0 Å². The van der Waals surface area contributed by atoms with Crippen LogP contribution in [-0.4, -0.2) is 16.2 Å². The summed E-state index contributed by atoms with van der Waals surface area (Å²) in [5.74, 6) is 0.306. The monoisotopic (exact) mass is 164 g/mol. The van der Waals surface area contributed by atoms with Gasteiger partial charge in [0.2, 0.25) is 5.95 Å². The van der Waals surface area contributed by atoms with Gasteiger partial charge in [0.25, 0.3) is 0 Å². The smallest absolute Gasteiger partial charge is 0.220 e. The van der Waals surface area contributed by atoms with Crippen LogP contribution in [0.1, 0.15) is 18.3 Å². The minimum absolute atomic E-state index is 0.306. The zero-order valence-electron chi connectivity index (χ0n) is 7.50. The Balaban J connectivity index is 3.28. The van der Waals surface area contributed by atoms with Crippen molar-refractivity contribution < 1.29 is 0 Å². The number of nitrogen functional groups attached to an aromatic ring is 1. The molecule has 0 aliphatic heterocycles. The van der Waals surface area contributed by atoms with Gasteiger partial charge in [-0.25, -0.2) is 9.97 Å². The maximum Gasteiger partial charge on any atom is 0.220 e. The molecule has 64 valence electrons. The Morgan fingerprint density at radius 1 is 1.25 bits per heavy atom. The number of aryl methyl sites for hydroxylation is 2. The van der Waals surface area contributed by atoms with Crippen molar-refractivity contribution in [3.05, 3.63) is 11.4 Å². The van der Waals surface area contributed by atoms with Crippen LogP contribution in [0.3, 0.4) is 0 Å². The van der Waals surface area contributed by atoms with E-state index in [4.69, 9.17) is 5.73 Å². The summed E-state index contributed by atoms with van der Waals surface area (Å²) in [6.45, 7) is 5.59. The fourth-order valence-electron chi connectivity index (χ4n) is 1.05. The quantitative estimate of drug-likeness (QED) is 0.638. The molecule has 0 aromatic carbocycles. The van der Waals surface area contributed by atoms with E-state index in [0.717, 1.165) is 17.1 Å². The van der Waals surface area contributed by atoms with E-state index < -0.39 is 0 Å². The lowest BCUT2D eigenvalue weighted by atomic mass is 10.3. The molecule has 0 aliphatic carbocycles. The number of aliphatic imine (C=N–C) groups is 1. The van der Waals surface area contributed by atoms with Crippen molar-refractivity contribution in [1.82, 2.24) is 9.97 Å². The number of hydrogen-bond donors (Lipinski definition) is 1. The van der Waals surface area contributed by atoms with Crippen LogP contribution in [0.25, 0.3) is 0 Å². The second-order valence-electron chi connectivity index (χ2n) is 2.49. The zero-order valence-corrected chi connectivity index (χ0v) is 7.50. The third-order valence-electron chi connectivity index (χ3n) is 1.51. The molecule has 1 rings (SSSR count). The van der Waals surface area contributed by atoms with E-state index >= 15 is 0 Å². The van der Waals surface area contributed by atoms with Gasteiger partial charge in [0, 0.05) is 6.21 Å². The summed E-state index contributed by atoms with van der Waals surface area (Å²) in [4.78, 5) is 12.2. The van der Waals surface area contributed by atoms with Crippen molar-refractivity contribution in [3.8, 4) is 0 Å². The number of anilines is 1. The van der Waals surface area contributed by atoms with Gasteiger partial charge in [0.05, 0.1) is 11.4 Å². The highest BCUT2D eigenvalue weighted by Gasteiger charge is 2.03. The third kappa shape index (κ3) is 1.58. The molecule has 4 nitrogen and oxygen atoms in total. The van der Waals surface area contributed by atoms with E-state index in [0.29, 0.717) is 5.95 Å². The lowest BCUT2D eigenvalue weighted by molar-refractivity contribution is 1.06. The molecule has 1 heterocycles. The molecule has 1 aromatic heterocycles. The predicted octanol–water partition coefficient (Wildman–Crippen LogP) is 1.40. The molecule has 0 spiro atoms. The van der Waals surface area contributed by atoms with Gasteiger partial charge >= 0.3 is 0 Å². The lowest BCUT2D eigenvalue weighted by Crippen LogP contribution is -1.99. The van der Waals surface area contributed by atoms with E-state index in [2.05, 4.69) is 15.0 Å². The van der Waals surface area contributed by atoms with Gasteiger partial charge in [0.1, 0.15) is 5.69 Å². The van der Waals surface area contributed by atoms with Crippen LogP contribution in [-0.2, 0) is 0 Å². The summed E-state index contributed by atoms with van der Waals surface area (Å²) in [5.41, 5.74) is 7.90. The first kappa shape index (κ1) is 8.64. The molecular weight excluding hydrogens is 152 g/mol. The lowest BCUT2D eigenvalue weighted by Gasteiger charge is -2.02. The third-order valence-corrected chi connectivity index (χ3v) is 1.51. The number of aromatic nitrogens is 2. The maximum absolute atomic E-state index is 5.45. The Bertz CT molecular complexity index is 294. The topological polar surface area (TPSA) is 64.2 Å². The molecule has 2 N–H and O–H groups in total. The van der Waals surface area contributed by atoms with Crippen LogP contribution in [0, 0.1) is 13.8 Å². The summed E-state index contributed by atoms with van der Waals surface area (Å²) >= 11 is 0. The average molecular weight is 164 g/mol. The Labute approximate surface area is 71.6 Å². The summed E-state index contributed by atoms with van der Waals surface area (Å²) < 4.78 is 0. The van der Waals surface area contributed by atoms with E-state index in [9.17, 15) is 0 Å². The van der Waals surface area contributed by atoms with Crippen LogP contribution in [0.5, 0.6) is 0 Å². The summed E-state index contributed by atoms with van der Waals surface area (Å²) in [5, 5.41) is 0. The molecule has 0 fully saturated rings. The van der Waals surface area contributed by atoms with Gasteiger partial charge in [-0.05, 0) is 20.8 Å². The highest BCUT2D eigenvalue weighted by atomic mass is 15.0. The number of hydrogen-bond acceptors (Lipinski definition) is 4. The SMILES string of the molecule is CC=Nc1c(C)nc(N)nc1C. The minimum Gasteiger partial charge on any atom is -0.368 e. The van der Waals surface area contributed by atoms with Gasteiger partial charge in [-0.15, -0.1) is 0 Å². The summed E-state index contributed by atoms with van der Waals surface area (Å²) in [6, 6.07) is 0. The van der Waals surface area contributed by atoms with Crippen LogP contribution < -0.4 is 5.73 Å². The van der Waals surface area contributed by atoms with Gasteiger partial charge in [0.15, 0.2) is 0 Å². The Hall–Kier alpha value is -1.45. The minimum atomic E-state index is 0.306. The molecule has 0 saturated carbocycles. The van der Waals surface area contributed by atoms with Crippen LogP contribution >= 0.6 is 0 Å². The second-order valence-corrected chi connectivity index (χ2v) is 2.49. The van der Waals surface area contributed by atoms with Gasteiger partial charge in [-0.2, -0.15) is 0 Å². The van der Waals surface area contributed by atoms with Crippen molar-refractivity contribution in [2.45, 2.75) is 20.8 Å². The molecule has 4 heteroatoms. The fraction of sp³-hybridized carbons (Fsp3) is 0.375. The molecular formula is C8H12N4. The van der Waals surface area contributed by atoms with Crippen molar-refractivity contribution in [3.63, 3.8) is 0 Å². The van der Waals surface area contributed by atoms with E-state index in [-0.39, 0.29) is 0 Å². The largest absolute Gasteiger partial charge is 0.368 e. The first-order valence-corrected chi connectivity index (χ1v) is 3.74. The predicted molar refractivity (Wildman–Crippen MR) is 49.7 cm³/mol. The summed E-state index contributed by atoms with van der Waals surface area (Å²) in [6.07, 6.45) is 1.72. The van der Waals surface area contributed by atoms with Crippen molar-refractivity contribution in [2.24, 2.45) is 4.99 Å². The van der Waals surface area contributed by atoms with Gasteiger partial charge in [-0.3, -0.25) is 4.99 Å². The van der Waals surface area contributed by atoms with Crippen molar-refractivity contribution in [2.75, 3.05) is 5.73 Å². The first-order valence-electron chi connectivity index (χ1n) is 3.74. The standard InChI is InChI=1S/C8H12N4/c1-4-10-7-5(2)11-8(9)12-6(7)3/h4H,1-3H3,(H2,9,11,12). The Kier molecular flexibility index (Phi) is 2.38. The first-order chi connectivity index (χ1) is 5.65. The summed E-state index contributed by atoms with van der Waals surface area (Å²) in [7, 11) is 0. The Morgan fingerprint density at radius 2 is 1.75 bits per heavy atom. The molecule has 0 bridgehead atoms. The maximum atomic E-state index is 5.45. The molecule has 0 aliphatic rings. The number of rotatable bonds is 1.